The fourth-order valence-corrected chi connectivity index (χ4v) is 7.90. The first-order valence-corrected chi connectivity index (χ1v) is 16.7. The van der Waals surface area contributed by atoms with Crippen molar-refractivity contribution in [3.63, 3.8) is 0 Å². The van der Waals surface area contributed by atoms with Crippen molar-refractivity contribution >= 4 is 39.1 Å². The molecule has 4 aromatic heterocycles. The summed E-state index contributed by atoms with van der Waals surface area (Å²) < 4.78 is 2.41. The summed E-state index contributed by atoms with van der Waals surface area (Å²) in [7, 11) is 0. The molecular formula is C40H30N6S. The number of allylic oxidation sites excluding steroid dienone is 4. The zero-order chi connectivity index (χ0) is 31.5. The molecule has 0 aliphatic heterocycles. The van der Waals surface area contributed by atoms with E-state index in [4.69, 9.17) is 15.0 Å². The predicted molar refractivity (Wildman–Crippen MR) is 190 cm³/mol. The van der Waals surface area contributed by atoms with Gasteiger partial charge in [0.1, 0.15) is 11.4 Å². The topological polar surface area (TPSA) is 69.4 Å². The van der Waals surface area contributed by atoms with Gasteiger partial charge in [-0.2, -0.15) is 0 Å². The summed E-state index contributed by atoms with van der Waals surface area (Å²) in [5.74, 6) is 1.04. The van der Waals surface area contributed by atoms with Gasteiger partial charge in [-0.15, -0.1) is 0 Å². The predicted octanol–water partition coefficient (Wildman–Crippen LogP) is 9.64. The van der Waals surface area contributed by atoms with Crippen LogP contribution in [0.4, 0.5) is 0 Å². The van der Waals surface area contributed by atoms with Gasteiger partial charge in [0.25, 0.3) is 0 Å². The molecule has 7 aromatic rings. The Morgan fingerprint density at radius 2 is 1.40 bits per heavy atom. The third kappa shape index (κ3) is 4.61. The van der Waals surface area contributed by atoms with Crippen LogP contribution in [0.15, 0.2) is 137 Å². The van der Waals surface area contributed by atoms with Gasteiger partial charge >= 0.3 is 0 Å². The standard InChI is InChI=1S/C40H30N6S/c1-40(2)31-13-5-3-11-27(31)29-23-30-28-12-4-6-16-35(28)46(36(30)24-32(29)40)25-17-19-26(20-18-25)47-39-44-37(33-14-7-9-21-41-33)43-38(45-39)34-15-8-10-22-42-34/h3-4,6-12,14-24H,5,13H2,1-2H3. The Hall–Kier alpha value is -5.40. The molecule has 0 amide bonds. The number of para-hydroxylation sites is 1. The average Bonchev–Trinajstić information content (AvgIpc) is 3.56. The van der Waals surface area contributed by atoms with Gasteiger partial charge in [0.05, 0.1) is 11.0 Å². The summed E-state index contributed by atoms with van der Waals surface area (Å²) in [5, 5.41) is 3.15. The zero-order valence-electron chi connectivity index (χ0n) is 26.1. The van der Waals surface area contributed by atoms with E-state index in [1.54, 1.807) is 18.0 Å². The summed E-state index contributed by atoms with van der Waals surface area (Å²) in [6.07, 6.45) is 10.4. The van der Waals surface area contributed by atoms with Gasteiger partial charge in [-0.25, -0.2) is 15.0 Å². The van der Waals surface area contributed by atoms with Crippen molar-refractivity contribution in [2.24, 2.45) is 0 Å². The molecule has 0 spiro atoms. The Balaban J connectivity index is 1.12. The molecule has 4 heterocycles. The van der Waals surface area contributed by atoms with Crippen LogP contribution in [0.5, 0.6) is 0 Å². The highest BCUT2D eigenvalue weighted by molar-refractivity contribution is 7.99. The fraction of sp³-hybridized carbons (Fsp3) is 0.125. The van der Waals surface area contributed by atoms with Crippen molar-refractivity contribution in [1.82, 2.24) is 29.5 Å². The van der Waals surface area contributed by atoms with Crippen LogP contribution >= 0.6 is 11.8 Å². The molecule has 7 heteroatoms. The molecule has 0 unspecified atom stereocenters. The number of pyridine rings is 2. The summed E-state index contributed by atoms with van der Waals surface area (Å²) in [4.78, 5) is 24.3. The van der Waals surface area contributed by atoms with E-state index in [1.807, 2.05) is 36.4 Å². The van der Waals surface area contributed by atoms with Crippen LogP contribution in [0.1, 0.15) is 37.8 Å². The largest absolute Gasteiger partial charge is 0.309 e. The van der Waals surface area contributed by atoms with Crippen molar-refractivity contribution in [2.45, 2.75) is 42.2 Å². The van der Waals surface area contributed by atoms with Crippen LogP contribution in [-0.2, 0) is 5.41 Å². The van der Waals surface area contributed by atoms with Crippen molar-refractivity contribution in [3.8, 4) is 28.7 Å². The highest BCUT2D eigenvalue weighted by Crippen LogP contribution is 2.52. The second-order valence-corrected chi connectivity index (χ2v) is 13.6. The van der Waals surface area contributed by atoms with Crippen LogP contribution in [-0.4, -0.2) is 29.5 Å². The summed E-state index contributed by atoms with van der Waals surface area (Å²) in [5.41, 5.74) is 10.7. The second kappa shape index (κ2) is 10.9. The molecule has 0 radical (unpaired) electrons. The lowest BCUT2D eigenvalue weighted by molar-refractivity contribution is 0.608. The minimum Gasteiger partial charge on any atom is -0.309 e. The van der Waals surface area contributed by atoms with Gasteiger partial charge in [-0.05, 0) is 108 Å². The maximum absolute atomic E-state index is 4.79. The number of rotatable bonds is 5. The monoisotopic (exact) mass is 626 g/mol. The molecule has 0 saturated carbocycles. The first-order valence-electron chi connectivity index (χ1n) is 15.9. The maximum Gasteiger partial charge on any atom is 0.196 e. The van der Waals surface area contributed by atoms with E-state index in [0.717, 1.165) is 23.4 Å². The zero-order valence-corrected chi connectivity index (χ0v) is 26.9. The molecule has 2 aliphatic rings. The van der Waals surface area contributed by atoms with Gasteiger partial charge < -0.3 is 4.57 Å². The number of hydrogen-bond donors (Lipinski definition) is 0. The molecule has 0 N–H and O–H groups in total. The van der Waals surface area contributed by atoms with Crippen LogP contribution in [0.2, 0.25) is 0 Å². The van der Waals surface area contributed by atoms with Crippen LogP contribution in [0.3, 0.4) is 0 Å². The van der Waals surface area contributed by atoms with Crippen molar-refractivity contribution in [1.29, 1.82) is 0 Å². The molecule has 0 saturated heterocycles. The Bertz CT molecular complexity index is 2330. The van der Waals surface area contributed by atoms with Gasteiger partial charge in [0, 0.05) is 39.2 Å². The smallest absolute Gasteiger partial charge is 0.196 e. The molecule has 6 nitrogen and oxygen atoms in total. The molecule has 226 valence electrons. The van der Waals surface area contributed by atoms with E-state index in [1.165, 1.54) is 50.3 Å². The van der Waals surface area contributed by atoms with Gasteiger partial charge in [0.15, 0.2) is 16.8 Å². The van der Waals surface area contributed by atoms with E-state index in [9.17, 15) is 0 Å². The molecule has 0 bridgehead atoms. The molecule has 9 rings (SSSR count). The minimum absolute atomic E-state index is 0.0121. The average molecular weight is 627 g/mol. The first kappa shape index (κ1) is 27.9. The molecule has 2 aliphatic carbocycles. The Labute approximate surface area is 277 Å². The SMILES string of the molecule is CC1(C)C2=C(C=CCC2)c2cc3c4ccccc4n(-c4ccc(Sc5nc(-c6ccccn6)nc(-c6ccccn6)n5)cc4)c3cc21. The van der Waals surface area contributed by atoms with Crippen LogP contribution in [0, 0.1) is 0 Å². The molecule has 3 aromatic carbocycles. The normalized spacial score (nSPS) is 14.9. The summed E-state index contributed by atoms with van der Waals surface area (Å²) >= 11 is 1.51. The number of fused-ring (bicyclic) bond motifs is 5. The quantitative estimate of drug-likeness (QED) is 0.190. The van der Waals surface area contributed by atoms with Crippen molar-refractivity contribution in [2.75, 3.05) is 0 Å². The lowest BCUT2D eigenvalue weighted by atomic mass is 9.78. The summed E-state index contributed by atoms with van der Waals surface area (Å²) in [6.45, 7) is 4.77. The Kier molecular flexibility index (Phi) is 6.43. The van der Waals surface area contributed by atoms with E-state index in [2.05, 4.69) is 101 Å². The van der Waals surface area contributed by atoms with E-state index in [0.29, 0.717) is 28.2 Å². The number of hydrogen-bond acceptors (Lipinski definition) is 6. The van der Waals surface area contributed by atoms with Crippen LogP contribution in [0.25, 0.3) is 56.1 Å². The van der Waals surface area contributed by atoms with Gasteiger partial charge in [-0.1, -0.05) is 61.9 Å². The lowest BCUT2D eigenvalue weighted by Crippen LogP contribution is -2.17. The minimum atomic E-state index is 0.0121. The van der Waals surface area contributed by atoms with Crippen molar-refractivity contribution in [3.05, 3.63) is 138 Å². The Morgan fingerprint density at radius 1 is 0.702 bits per heavy atom. The third-order valence-corrected chi connectivity index (χ3v) is 10.3. The lowest BCUT2D eigenvalue weighted by Gasteiger charge is -2.25. The van der Waals surface area contributed by atoms with Gasteiger partial charge in [0.2, 0.25) is 0 Å². The molecule has 0 fully saturated rings. The van der Waals surface area contributed by atoms with E-state index >= 15 is 0 Å². The van der Waals surface area contributed by atoms with Gasteiger partial charge in [-0.3, -0.25) is 9.97 Å². The highest BCUT2D eigenvalue weighted by Gasteiger charge is 2.38. The van der Waals surface area contributed by atoms with E-state index < -0.39 is 0 Å². The molecule has 47 heavy (non-hydrogen) atoms. The first-order chi connectivity index (χ1) is 23.0. The highest BCUT2D eigenvalue weighted by atomic mass is 32.2. The molecule has 0 atom stereocenters. The fourth-order valence-electron chi connectivity index (χ4n) is 7.15. The second-order valence-electron chi connectivity index (χ2n) is 12.5. The van der Waals surface area contributed by atoms with E-state index in [-0.39, 0.29) is 5.41 Å². The Morgan fingerprint density at radius 3 is 2.11 bits per heavy atom. The maximum atomic E-state index is 4.79. The number of aromatic nitrogens is 6. The third-order valence-electron chi connectivity index (χ3n) is 9.41. The van der Waals surface area contributed by atoms with Crippen LogP contribution < -0.4 is 0 Å². The van der Waals surface area contributed by atoms with Crippen molar-refractivity contribution < 1.29 is 0 Å². The number of nitrogens with zero attached hydrogens (tertiary/aromatic N) is 6. The summed E-state index contributed by atoms with van der Waals surface area (Å²) in [6, 6.07) is 33.8. The number of benzene rings is 3. The molecular weight excluding hydrogens is 597 g/mol.